The Morgan fingerprint density at radius 1 is 1.42 bits per heavy atom. The molecule has 2 amide bonds. The second-order valence-corrected chi connectivity index (χ2v) is 10.8. The SMILES string of the molecule is C=CCN(C(=O)C1N([C@@H](CC)CO)C(=O)[C@@H]2[C@H](C(=O)O)[C@@H]3CC(C)C12S3)C(C)CCC. The Bertz CT molecular complexity index is 741. The van der Waals surface area contributed by atoms with Crippen LogP contribution >= 0.6 is 11.8 Å². The van der Waals surface area contributed by atoms with Gasteiger partial charge < -0.3 is 20.0 Å². The summed E-state index contributed by atoms with van der Waals surface area (Å²) in [6, 6.07) is -1.29. The minimum absolute atomic E-state index is 0.0220. The van der Waals surface area contributed by atoms with Crippen LogP contribution < -0.4 is 0 Å². The van der Waals surface area contributed by atoms with E-state index in [2.05, 4.69) is 13.5 Å². The van der Waals surface area contributed by atoms with Crippen LogP contribution in [0.25, 0.3) is 0 Å². The Labute approximate surface area is 189 Å². The lowest BCUT2D eigenvalue weighted by Gasteiger charge is -2.43. The molecule has 3 aliphatic rings. The van der Waals surface area contributed by atoms with E-state index in [0.29, 0.717) is 19.4 Å². The van der Waals surface area contributed by atoms with Gasteiger partial charge in [-0.3, -0.25) is 14.4 Å². The molecular weight excluding hydrogens is 416 g/mol. The average Bonchev–Trinajstić information content (AvgIpc) is 3.31. The van der Waals surface area contributed by atoms with Crippen LogP contribution in [0.1, 0.15) is 53.4 Å². The summed E-state index contributed by atoms with van der Waals surface area (Å²) in [6.07, 6.45) is 4.64. The normalized spacial score (nSPS) is 35.7. The molecular formula is C23H36N2O5S. The minimum Gasteiger partial charge on any atom is -0.481 e. The smallest absolute Gasteiger partial charge is 0.308 e. The first-order valence-corrected chi connectivity index (χ1v) is 12.3. The number of carbonyl (C=O) groups is 3. The predicted octanol–water partition coefficient (Wildman–Crippen LogP) is 2.38. The van der Waals surface area contributed by atoms with Crippen LogP contribution in [0, 0.1) is 17.8 Å². The maximum Gasteiger partial charge on any atom is 0.308 e. The molecule has 0 aliphatic carbocycles. The third-order valence-corrected chi connectivity index (χ3v) is 9.70. The van der Waals surface area contributed by atoms with Crippen molar-refractivity contribution in [3.63, 3.8) is 0 Å². The summed E-state index contributed by atoms with van der Waals surface area (Å²) in [4.78, 5) is 43.4. The first kappa shape index (κ1) is 24.1. The van der Waals surface area contributed by atoms with E-state index in [1.54, 1.807) is 15.9 Å². The van der Waals surface area contributed by atoms with Crippen LogP contribution in [0.15, 0.2) is 12.7 Å². The molecule has 4 unspecified atom stereocenters. The molecule has 3 heterocycles. The van der Waals surface area contributed by atoms with Crippen LogP contribution in [0.3, 0.4) is 0 Å². The first-order chi connectivity index (χ1) is 14.7. The maximum absolute atomic E-state index is 14.1. The molecule has 8 atom stereocenters. The van der Waals surface area contributed by atoms with E-state index >= 15 is 0 Å². The van der Waals surface area contributed by atoms with Crippen LogP contribution in [0.5, 0.6) is 0 Å². The molecule has 3 aliphatic heterocycles. The lowest BCUT2D eigenvalue weighted by atomic mass is 9.66. The average molecular weight is 453 g/mol. The number of hydrogen-bond acceptors (Lipinski definition) is 5. The van der Waals surface area contributed by atoms with Crippen LogP contribution in [-0.2, 0) is 14.4 Å². The van der Waals surface area contributed by atoms with Gasteiger partial charge in [0.15, 0.2) is 0 Å². The summed E-state index contributed by atoms with van der Waals surface area (Å²) >= 11 is 1.54. The van der Waals surface area contributed by atoms with E-state index in [4.69, 9.17) is 0 Å². The Balaban J connectivity index is 2.13. The van der Waals surface area contributed by atoms with Gasteiger partial charge in [-0.2, -0.15) is 0 Å². The van der Waals surface area contributed by atoms with Gasteiger partial charge >= 0.3 is 5.97 Å². The summed E-state index contributed by atoms with van der Waals surface area (Å²) in [7, 11) is 0. The number of carboxylic acids is 1. The van der Waals surface area contributed by atoms with Crippen molar-refractivity contribution in [2.75, 3.05) is 13.2 Å². The molecule has 0 aromatic heterocycles. The fraction of sp³-hybridized carbons (Fsp3) is 0.783. The highest BCUT2D eigenvalue weighted by Crippen LogP contribution is 2.69. The number of carbonyl (C=O) groups excluding carboxylic acids is 2. The maximum atomic E-state index is 14.1. The van der Waals surface area contributed by atoms with E-state index in [9.17, 15) is 24.6 Å². The molecule has 2 bridgehead atoms. The van der Waals surface area contributed by atoms with Gasteiger partial charge in [0.25, 0.3) is 0 Å². The number of rotatable bonds is 10. The second-order valence-electron chi connectivity index (χ2n) is 9.30. The van der Waals surface area contributed by atoms with Crippen molar-refractivity contribution in [2.45, 2.75) is 81.5 Å². The Kier molecular flexibility index (Phi) is 7.11. The zero-order valence-corrected chi connectivity index (χ0v) is 19.8. The number of aliphatic hydroxyl groups excluding tert-OH is 1. The predicted molar refractivity (Wildman–Crippen MR) is 121 cm³/mol. The largest absolute Gasteiger partial charge is 0.481 e. The third kappa shape index (κ3) is 3.50. The molecule has 3 saturated heterocycles. The fourth-order valence-electron chi connectivity index (χ4n) is 6.18. The van der Waals surface area contributed by atoms with Crippen LogP contribution in [0.2, 0.25) is 0 Å². The number of likely N-dealkylation sites (tertiary alicyclic amines) is 1. The minimum atomic E-state index is -0.961. The summed E-state index contributed by atoms with van der Waals surface area (Å²) in [6.45, 7) is 11.9. The molecule has 0 aromatic carbocycles. The molecule has 7 nitrogen and oxygen atoms in total. The number of hydrogen-bond donors (Lipinski definition) is 2. The molecule has 2 N–H and O–H groups in total. The summed E-state index contributed by atoms with van der Waals surface area (Å²) in [5, 5.41) is 19.9. The van der Waals surface area contributed by atoms with Crippen molar-refractivity contribution in [1.82, 2.24) is 9.80 Å². The van der Waals surface area contributed by atoms with Crippen LogP contribution in [0.4, 0.5) is 0 Å². The highest BCUT2D eigenvalue weighted by Gasteiger charge is 2.76. The number of nitrogens with zero attached hydrogens (tertiary/aromatic N) is 2. The van der Waals surface area contributed by atoms with Crippen LogP contribution in [-0.4, -0.2) is 79.1 Å². The Morgan fingerprint density at radius 3 is 2.61 bits per heavy atom. The molecule has 3 fully saturated rings. The lowest BCUT2D eigenvalue weighted by Crippen LogP contribution is -2.60. The molecule has 1 spiro atoms. The van der Waals surface area contributed by atoms with E-state index in [0.717, 1.165) is 12.8 Å². The van der Waals surface area contributed by atoms with Gasteiger partial charge in [-0.15, -0.1) is 18.3 Å². The second kappa shape index (κ2) is 9.14. The highest BCUT2D eigenvalue weighted by atomic mass is 32.2. The molecule has 174 valence electrons. The van der Waals surface area contributed by atoms with E-state index in [-0.39, 0.29) is 35.6 Å². The fourth-order valence-corrected chi connectivity index (χ4v) is 8.58. The van der Waals surface area contributed by atoms with Gasteiger partial charge in [0.1, 0.15) is 6.04 Å². The number of fused-ring (bicyclic) bond motifs is 1. The molecule has 3 rings (SSSR count). The molecule has 0 aromatic rings. The zero-order valence-electron chi connectivity index (χ0n) is 19.0. The highest BCUT2D eigenvalue weighted by molar-refractivity contribution is 8.02. The van der Waals surface area contributed by atoms with Crippen molar-refractivity contribution in [1.29, 1.82) is 0 Å². The van der Waals surface area contributed by atoms with Gasteiger partial charge in [-0.25, -0.2) is 0 Å². The number of thioether (sulfide) groups is 1. The van der Waals surface area contributed by atoms with Gasteiger partial charge in [0, 0.05) is 17.8 Å². The summed E-state index contributed by atoms with van der Waals surface area (Å²) in [5.74, 6) is -2.87. The molecule has 31 heavy (non-hydrogen) atoms. The number of aliphatic carboxylic acids is 1. The van der Waals surface area contributed by atoms with Crippen molar-refractivity contribution in [3.05, 3.63) is 12.7 Å². The number of amides is 2. The third-order valence-electron chi connectivity index (χ3n) is 7.63. The number of carboxylic acid groups (broad SMARTS) is 1. The lowest BCUT2D eigenvalue weighted by molar-refractivity contribution is -0.150. The van der Waals surface area contributed by atoms with Crippen molar-refractivity contribution in [3.8, 4) is 0 Å². The zero-order chi connectivity index (χ0) is 23.1. The van der Waals surface area contributed by atoms with E-state index in [1.165, 1.54) is 11.8 Å². The first-order valence-electron chi connectivity index (χ1n) is 11.5. The summed E-state index contributed by atoms with van der Waals surface area (Å²) < 4.78 is -0.768. The van der Waals surface area contributed by atoms with Crippen molar-refractivity contribution < 1.29 is 24.6 Å². The number of aliphatic hydroxyl groups is 1. The van der Waals surface area contributed by atoms with E-state index in [1.807, 2.05) is 20.8 Å². The van der Waals surface area contributed by atoms with E-state index < -0.39 is 34.6 Å². The Hall–Kier alpha value is -1.54. The van der Waals surface area contributed by atoms with Crippen molar-refractivity contribution >= 4 is 29.5 Å². The Morgan fingerprint density at radius 2 is 2.10 bits per heavy atom. The van der Waals surface area contributed by atoms with Gasteiger partial charge in [0.2, 0.25) is 11.8 Å². The summed E-state index contributed by atoms with van der Waals surface area (Å²) in [5.41, 5.74) is 0. The molecule has 0 saturated carbocycles. The van der Waals surface area contributed by atoms with Crippen molar-refractivity contribution in [2.24, 2.45) is 17.8 Å². The monoisotopic (exact) mass is 452 g/mol. The molecule has 0 radical (unpaired) electrons. The van der Waals surface area contributed by atoms with Gasteiger partial charge in [-0.05, 0) is 32.1 Å². The standard InChI is InChI=1S/C23H36N2O5S/c1-6-9-14(5)24(10-7-2)21(28)19-23-13(4)11-16(31-23)17(22(29)30)18(23)20(27)25(19)15(8-3)12-26/h7,13-19,26H,2,6,8-12H2,1,3-5H3,(H,29,30)/t13?,14?,15-,16-,17+,18-,19?,23?/m0/s1. The quantitative estimate of drug-likeness (QED) is 0.494. The topological polar surface area (TPSA) is 98.2 Å². The van der Waals surface area contributed by atoms with Gasteiger partial charge in [-0.1, -0.05) is 33.3 Å². The van der Waals surface area contributed by atoms with Gasteiger partial charge in [0.05, 0.1) is 29.2 Å². The molecule has 8 heteroatoms.